The summed E-state index contributed by atoms with van der Waals surface area (Å²) in [5.41, 5.74) is 1.22. The van der Waals surface area contributed by atoms with Gasteiger partial charge in [0, 0.05) is 18.2 Å². The molecular weight excluding hydrogens is 358 g/mol. The average molecular weight is 373 g/mol. The molecule has 2 heterocycles. The summed E-state index contributed by atoms with van der Waals surface area (Å²) < 4.78 is 7.27. The molecule has 7 heteroatoms. The highest BCUT2D eigenvalue weighted by Crippen LogP contribution is 2.23. The van der Waals surface area contributed by atoms with Crippen LogP contribution in [-0.4, -0.2) is 14.5 Å². The van der Waals surface area contributed by atoms with Crippen molar-refractivity contribution < 1.29 is 9.66 Å². The van der Waals surface area contributed by atoms with Crippen LogP contribution in [0.1, 0.15) is 5.56 Å². The summed E-state index contributed by atoms with van der Waals surface area (Å²) in [6.07, 6.45) is 1.14. The van der Waals surface area contributed by atoms with Gasteiger partial charge in [0.05, 0.1) is 10.4 Å². The Morgan fingerprint density at radius 3 is 2.50 bits per heavy atom. The van der Waals surface area contributed by atoms with Gasteiger partial charge in [-0.1, -0.05) is 30.3 Å². The van der Waals surface area contributed by atoms with Gasteiger partial charge >= 0.3 is 0 Å². The molecule has 0 saturated heterocycles. The molecule has 28 heavy (non-hydrogen) atoms. The van der Waals surface area contributed by atoms with E-state index in [1.165, 1.54) is 22.8 Å². The molecule has 2 aromatic heterocycles. The van der Waals surface area contributed by atoms with Crippen LogP contribution in [0.15, 0.2) is 83.8 Å². The quantitative estimate of drug-likeness (QED) is 0.391. The first-order valence-corrected chi connectivity index (χ1v) is 8.55. The van der Waals surface area contributed by atoms with Crippen LogP contribution >= 0.6 is 0 Å². The maximum Gasteiger partial charge on any atom is 0.287 e. The zero-order chi connectivity index (χ0) is 19.5. The van der Waals surface area contributed by atoms with Crippen LogP contribution in [0.5, 0.6) is 5.75 Å². The highest BCUT2D eigenvalue weighted by molar-refractivity contribution is 5.81. The van der Waals surface area contributed by atoms with Crippen molar-refractivity contribution in [1.29, 1.82) is 0 Å². The van der Waals surface area contributed by atoms with Gasteiger partial charge in [-0.15, -0.1) is 0 Å². The first-order chi connectivity index (χ1) is 13.6. The third-order valence-corrected chi connectivity index (χ3v) is 4.29. The van der Waals surface area contributed by atoms with Crippen LogP contribution in [0.4, 0.5) is 5.69 Å². The van der Waals surface area contributed by atoms with Gasteiger partial charge in [-0.2, -0.15) is 0 Å². The zero-order valence-electron chi connectivity index (χ0n) is 14.7. The molecule has 0 bridgehead atoms. The summed E-state index contributed by atoms with van der Waals surface area (Å²) in [6, 6.07) is 21.2. The van der Waals surface area contributed by atoms with Crippen molar-refractivity contribution in [2.75, 3.05) is 0 Å². The lowest BCUT2D eigenvalue weighted by Crippen LogP contribution is -2.18. The number of nitrogens with zero attached hydrogens (tertiary/aromatic N) is 3. The summed E-state index contributed by atoms with van der Waals surface area (Å²) in [5.74, 6) is 0.916. The number of hydrogen-bond donors (Lipinski definition) is 0. The molecule has 0 N–H and O–H groups in total. The Labute approximate surface area is 159 Å². The van der Waals surface area contributed by atoms with Gasteiger partial charge in [0.25, 0.3) is 11.2 Å². The summed E-state index contributed by atoms with van der Waals surface area (Å²) in [4.78, 5) is 26.9. The number of rotatable bonds is 5. The minimum Gasteiger partial charge on any atom is -0.489 e. The number of pyridine rings is 2. The van der Waals surface area contributed by atoms with Gasteiger partial charge in [-0.25, -0.2) is 4.98 Å². The van der Waals surface area contributed by atoms with Crippen LogP contribution in [-0.2, 0) is 6.61 Å². The molecule has 0 spiro atoms. The fraction of sp³-hybridized carbons (Fsp3) is 0.0476. The van der Waals surface area contributed by atoms with Crippen molar-refractivity contribution in [1.82, 2.24) is 9.55 Å². The third-order valence-electron chi connectivity index (χ3n) is 4.29. The maximum atomic E-state index is 12.5. The van der Waals surface area contributed by atoms with Crippen molar-refractivity contribution in [2.45, 2.75) is 6.61 Å². The number of aromatic nitrogens is 2. The molecule has 0 saturated carbocycles. The molecule has 2 aromatic carbocycles. The van der Waals surface area contributed by atoms with E-state index in [4.69, 9.17) is 4.74 Å². The molecule has 0 aliphatic rings. The summed E-state index contributed by atoms with van der Waals surface area (Å²) in [7, 11) is 0. The fourth-order valence-corrected chi connectivity index (χ4v) is 2.90. The largest absolute Gasteiger partial charge is 0.489 e. The van der Waals surface area contributed by atoms with Crippen molar-refractivity contribution in [3.8, 4) is 11.6 Å². The predicted molar refractivity (Wildman–Crippen MR) is 105 cm³/mol. The molecule has 0 aliphatic heterocycles. The minimum atomic E-state index is -0.530. The van der Waals surface area contributed by atoms with E-state index in [2.05, 4.69) is 4.98 Å². The van der Waals surface area contributed by atoms with E-state index < -0.39 is 4.92 Å². The van der Waals surface area contributed by atoms with Crippen LogP contribution in [0.3, 0.4) is 0 Å². The Hall–Kier alpha value is -4.00. The Morgan fingerprint density at radius 1 is 1.00 bits per heavy atom. The van der Waals surface area contributed by atoms with Gasteiger partial charge in [0.1, 0.15) is 24.4 Å². The van der Waals surface area contributed by atoms with Crippen molar-refractivity contribution in [3.05, 3.63) is 105 Å². The van der Waals surface area contributed by atoms with Gasteiger partial charge in [-0.05, 0) is 35.2 Å². The van der Waals surface area contributed by atoms with Crippen LogP contribution in [0.25, 0.3) is 16.7 Å². The van der Waals surface area contributed by atoms with E-state index in [0.29, 0.717) is 23.7 Å². The minimum absolute atomic E-state index is 0.135. The van der Waals surface area contributed by atoms with Crippen molar-refractivity contribution >= 4 is 16.6 Å². The monoisotopic (exact) mass is 373 g/mol. The number of nitro groups is 1. The summed E-state index contributed by atoms with van der Waals surface area (Å²) >= 11 is 0. The van der Waals surface area contributed by atoms with Crippen LogP contribution in [0.2, 0.25) is 0 Å². The first-order valence-electron chi connectivity index (χ1n) is 8.55. The van der Waals surface area contributed by atoms with Crippen molar-refractivity contribution in [2.24, 2.45) is 0 Å². The molecule has 7 nitrogen and oxygen atoms in total. The van der Waals surface area contributed by atoms with E-state index in [1.54, 1.807) is 12.1 Å². The average Bonchev–Trinajstić information content (AvgIpc) is 2.73. The maximum absolute atomic E-state index is 12.5. The SMILES string of the molecule is O=c1ccc2ccc(OCc3ccccc3)cc2n1-c1ccc([N+](=O)[O-])cn1. The lowest BCUT2D eigenvalue weighted by Gasteiger charge is -2.12. The predicted octanol–water partition coefficient (Wildman–Crippen LogP) is 3.87. The molecule has 0 atom stereocenters. The van der Waals surface area contributed by atoms with E-state index in [-0.39, 0.29) is 11.2 Å². The molecule has 0 aliphatic carbocycles. The van der Waals surface area contributed by atoms with Crippen LogP contribution < -0.4 is 10.3 Å². The zero-order valence-corrected chi connectivity index (χ0v) is 14.7. The van der Waals surface area contributed by atoms with E-state index in [0.717, 1.165) is 17.1 Å². The molecule has 0 unspecified atom stereocenters. The Morgan fingerprint density at radius 2 is 1.79 bits per heavy atom. The van der Waals surface area contributed by atoms with Gasteiger partial charge in [0.15, 0.2) is 0 Å². The van der Waals surface area contributed by atoms with Crippen molar-refractivity contribution in [3.63, 3.8) is 0 Å². The number of fused-ring (bicyclic) bond motifs is 1. The molecule has 138 valence electrons. The van der Waals surface area contributed by atoms with E-state index >= 15 is 0 Å². The molecule has 4 rings (SSSR count). The Kier molecular flexibility index (Phi) is 4.55. The molecule has 0 fully saturated rings. The van der Waals surface area contributed by atoms with Crippen LogP contribution in [0, 0.1) is 10.1 Å². The fourth-order valence-electron chi connectivity index (χ4n) is 2.90. The van der Waals surface area contributed by atoms with Gasteiger partial charge < -0.3 is 4.74 Å². The summed E-state index contributed by atoms with van der Waals surface area (Å²) in [6.45, 7) is 0.402. The van der Waals surface area contributed by atoms with Gasteiger partial charge in [0.2, 0.25) is 0 Å². The lowest BCUT2D eigenvalue weighted by atomic mass is 10.2. The topological polar surface area (TPSA) is 87.3 Å². The second-order valence-corrected chi connectivity index (χ2v) is 6.13. The molecule has 0 radical (unpaired) electrons. The lowest BCUT2D eigenvalue weighted by molar-refractivity contribution is -0.385. The normalized spacial score (nSPS) is 10.7. The van der Waals surface area contributed by atoms with E-state index in [1.807, 2.05) is 42.5 Å². The first kappa shape index (κ1) is 17.4. The standard InChI is InChI=1S/C21H15N3O4/c25-21-11-7-16-6-9-18(28-14-15-4-2-1-3-5-15)12-19(16)23(21)20-10-8-17(13-22-20)24(26)27/h1-13H,14H2. The number of hydrogen-bond acceptors (Lipinski definition) is 5. The Balaban J connectivity index is 1.74. The molecule has 4 aromatic rings. The number of ether oxygens (including phenoxy) is 1. The van der Waals surface area contributed by atoms with E-state index in [9.17, 15) is 14.9 Å². The molecule has 0 amide bonds. The highest BCUT2D eigenvalue weighted by Gasteiger charge is 2.11. The second kappa shape index (κ2) is 7.32. The highest BCUT2D eigenvalue weighted by atomic mass is 16.6. The Bertz CT molecular complexity index is 1200. The third kappa shape index (κ3) is 3.45. The second-order valence-electron chi connectivity index (χ2n) is 6.13. The van der Waals surface area contributed by atoms with Gasteiger partial charge in [-0.3, -0.25) is 19.5 Å². The smallest absolute Gasteiger partial charge is 0.287 e. The number of benzene rings is 2. The molecular formula is C21H15N3O4. The summed E-state index contributed by atoms with van der Waals surface area (Å²) in [5, 5.41) is 11.7.